The number of methoxy groups -OCH3 is 1. The highest BCUT2D eigenvalue weighted by molar-refractivity contribution is 5.91. The lowest BCUT2D eigenvalue weighted by Crippen LogP contribution is -2.47. The van der Waals surface area contributed by atoms with Gasteiger partial charge >= 0.3 is 0 Å². The van der Waals surface area contributed by atoms with Gasteiger partial charge in [0.1, 0.15) is 30.1 Å². The van der Waals surface area contributed by atoms with Gasteiger partial charge in [0, 0.05) is 33.7 Å². The third-order valence-corrected chi connectivity index (χ3v) is 6.34. The highest BCUT2D eigenvalue weighted by Crippen LogP contribution is 2.22. The number of rotatable bonds is 5. The topological polar surface area (TPSA) is 123 Å². The zero-order chi connectivity index (χ0) is 26.4. The summed E-state index contributed by atoms with van der Waals surface area (Å²) in [6.07, 6.45) is 1.33. The van der Waals surface area contributed by atoms with Crippen molar-refractivity contribution in [3.05, 3.63) is 35.3 Å². The molecule has 0 unspecified atom stereocenters. The first-order valence-corrected chi connectivity index (χ1v) is 12.4. The molecule has 0 bridgehead atoms. The largest absolute Gasteiger partial charge is 0.453 e. The molecule has 3 heterocycles. The zero-order valence-electron chi connectivity index (χ0n) is 22.1. The van der Waals surface area contributed by atoms with Crippen molar-refractivity contribution in [1.29, 1.82) is 0 Å². The molecule has 0 saturated carbocycles. The van der Waals surface area contributed by atoms with Crippen LogP contribution in [0.4, 0.5) is 0 Å². The van der Waals surface area contributed by atoms with E-state index in [9.17, 15) is 14.4 Å². The maximum atomic E-state index is 13.3. The molecule has 0 radical (unpaired) electrons. The van der Waals surface area contributed by atoms with Crippen molar-refractivity contribution < 1.29 is 23.5 Å². The van der Waals surface area contributed by atoms with Crippen molar-refractivity contribution in [3.8, 4) is 0 Å². The second-order valence-corrected chi connectivity index (χ2v) is 9.71. The molecule has 2 aromatic rings. The molecular weight excluding hydrogens is 464 g/mol. The molecule has 198 valence electrons. The lowest BCUT2D eigenvalue weighted by Gasteiger charge is -2.29. The number of aromatic nitrogens is 3. The number of carbonyl (C=O) groups is 3. The predicted octanol–water partition coefficient (Wildman–Crippen LogP) is 2.31. The molecule has 1 aliphatic heterocycles. The number of amides is 3. The molecule has 36 heavy (non-hydrogen) atoms. The number of hydrogen-bond donors (Lipinski definition) is 1. The third kappa shape index (κ3) is 6.71. The summed E-state index contributed by atoms with van der Waals surface area (Å²) in [5, 5.41) is 7.64. The maximum absolute atomic E-state index is 13.3. The van der Waals surface area contributed by atoms with Crippen LogP contribution in [0, 0.1) is 12.8 Å². The average molecular weight is 503 g/mol. The Balaban J connectivity index is 1.93. The van der Waals surface area contributed by atoms with Crippen LogP contribution in [-0.2, 0) is 27.5 Å². The second-order valence-electron chi connectivity index (χ2n) is 9.71. The Bertz CT molecular complexity index is 1060. The van der Waals surface area contributed by atoms with Gasteiger partial charge < -0.3 is 24.3 Å². The smallest absolute Gasteiger partial charge is 0.289 e. The van der Waals surface area contributed by atoms with E-state index in [0.29, 0.717) is 49.9 Å². The van der Waals surface area contributed by atoms with Crippen LogP contribution in [0.1, 0.15) is 74.0 Å². The molecule has 0 aliphatic carbocycles. The summed E-state index contributed by atoms with van der Waals surface area (Å²) in [4.78, 5) is 46.9. The van der Waals surface area contributed by atoms with Crippen molar-refractivity contribution >= 4 is 17.7 Å². The van der Waals surface area contributed by atoms with Gasteiger partial charge in [-0.3, -0.25) is 14.4 Å². The van der Waals surface area contributed by atoms with Crippen LogP contribution in [0.25, 0.3) is 0 Å². The quantitative estimate of drug-likeness (QED) is 0.666. The summed E-state index contributed by atoms with van der Waals surface area (Å²) >= 11 is 0. The summed E-state index contributed by atoms with van der Waals surface area (Å²) < 4.78 is 12.5. The van der Waals surface area contributed by atoms with Gasteiger partial charge in [0.2, 0.25) is 11.8 Å². The molecule has 0 saturated heterocycles. The number of nitrogens with one attached hydrogen (secondary N) is 1. The fourth-order valence-electron chi connectivity index (χ4n) is 4.27. The van der Waals surface area contributed by atoms with E-state index in [-0.39, 0.29) is 48.5 Å². The van der Waals surface area contributed by atoms with Crippen LogP contribution in [0.5, 0.6) is 0 Å². The van der Waals surface area contributed by atoms with E-state index >= 15 is 0 Å². The zero-order valence-corrected chi connectivity index (χ0v) is 22.1. The SMILES string of the molecule is COCc1ccc(C(=O)N2CCCC(=O)N(C)[C@@H](C)C(=O)N[C@H](CC(C)C)c3nc(C)nn3CC2)o1. The Kier molecular flexibility index (Phi) is 9.25. The Morgan fingerprint density at radius 3 is 2.69 bits per heavy atom. The van der Waals surface area contributed by atoms with E-state index in [2.05, 4.69) is 29.2 Å². The molecule has 11 nitrogen and oxygen atoms in total. The Hall–Kier alpha value is -3.21. The van der Waals surface area contributed by atoms with Gasteiger partial charge in [-0.25, -0.2) is 9.67 Å². The van der Waals surface area contributed by atoms with Crippen LogP contribution in [0.2, 0.25) is 0 Å². The standard InChI is InChI=1S/C25H38N6O5/c1-16(2)14-20-23-26-18(4)28-31(23)13-12-30(25(34)21-10-9-19(36-21)15-35-6)11-7-8-22(32)29(5)17(3)24(33)27-20/h9-10,16-17,20H,7-8,11-15H2,1-6H3,(H,27,33)/t17-,20+/m0/s1. The minimum atomic E-state index is -0.646. The molecule has 2 atom stereocenters. The predicted molar refractivity (Wildman–Crippen MR) is 132 cm³/mol. The number of fused-ring (bicyclic) bond motifs is 1. The average Bonchev–Trinajstić information content (AvgIpc) is 3.45. The molecule has 0 aromatic carbocycles. The first-order valence-electron chi connectivity index (χ1n) is 12.4. The number of hydrogen-bond acceptors (Lipinski definition) is 7. The molecule has 3 rings (SSSR count). The summed E-state index contributed by atoms with van der Waals surface area (Å²) in [6.45, 7) is 9.04. The highest BCUT2D eigenvalue weighted by atomic mass is 16.5. The van der Waals surface area contributed by atoms with Crippen LogP contribution in [-0.4, -0.2) is 75.6 Å². The van der Waals surface area contributed by atoms with Crippen LogP contribution in [0.3, 0.4) is 0 Å². The van der Waals surface area contributed by atoms with Crippen molar-refractivity contribution in [1.82, 2.24) is 29.9 Å². The normalized spacial score (nSPS) is 20.3. The Morgan fingerprint density at radius 1 is 1.25 bits per heavy atom. The molecule has 1 aliphatic rings. The Morgan fingerprint density at radius 2 is 2.00 bits per heavy atom. The molecular formula is C25H38N6O5. The van der Waals surface area contributed by atoms with Gasteiger partial charge in [-0.05, 0) is 44.7 Å². The lowest BCUT2D eigenvalue weighted by molar-refractivity contribution is -0.138. The van der Waals surface area contributed by atoms with Gasteiger partial charge in [-0.2, -0.15) is 5.10 Å². The van der Waals surface area contributed by atoms with E-state index in [1.807, 2.05) is 0 Å². The van der Waals surface area contributed by atoms with Gasteiger partial charge in [0.25, 0.3) is 5.91 Å². The number of likely N-dealkylation sites (N-methyl/N-ethyl adjacent to an activating group) is 1. The van der Waals surface area contributed by atoms with Crippen molar-refractivity contribution in [2.45, 2.75) is 72.2 Å². The summed E-state index contributed by atoms with van der Waals surface area (Å²) in [7, 11) is 3.19. The monoisotopic (exact) mass is 502 g/mol. The third-order valence-electron chi connectivity index (χ3n) is 6.34. The number of carbonyl (C=O) groups excluding carboxylic acids is 3. The number of nitrogens with zero attached hydrogens (tertiary/aromatic N) is 5. The summed E-state index contributed by atoms with van der Waals surface area (Å²) in [6, 6.07) is 2.34. The maximum Gasteiger partial charge on any atom is 0.289 e. The molecule has 1 N–H and O–H groups in total. The highest BCUT2D eigenvalue weighted by Gasteiger charge is 2.29. The lowest BCUT2D eigenvalue weighted by atomic mass is 10.0. The number of ether oxygens (including phenoxy) is 1. The first-order chi connectivity index (χ1) is 17.1. The van der Waals surface area contributed by atoms with Crippen LogP contribution >= 0.6 is 0 Å². The molecule has 3 amide bonds. The van der Waals surface area contributed by atoms with E-state index in [4.69, 9.17) is 9.15 Å². The molecule has 0 fully saturated rings. The van der Waals surface area contributed by atoms with Gasteiger partial charge in [0.05, 0.1) is 12.6 Å². The van der Waals surface area contributed by atoms with E-state index in [1.54, 1.807) is 49.7 Å². The van der Waals surface area contributed by atoms with E-state index in [0.717, 1.165) is 0 Å². The second kappa shape index (κ2) is 12.2. The minimum absolute atomic E-state index is 0.151. The molecule has 2 aromatic heterocycles. The summed E-state index contributed by atoms with van der Waals surface area (Å²) in [5.74, 6) is 1.66. The Labute approximate surface area is 212 Å². The fraction of sp³-hybridized carbons (Fsp3) is 0.640. The van der Waals surface area contributed by atoms with Crippen LogP contribution < -0.4 is 5.32 Å². The van der Waals surface area contributed by atoms with Crippen LogP contribution in [0.15, 0.2) is 16.5 Å². The number of aryl methyl sites for hydroxylation is 1. The van der Waals surface area contributed by atoms with Crippen molar-refractivity contribution in [2.24, 2.45) is 5.92 Å². The van der Waals surface area contributed by atoms with Gasteiger partial charge in [-0.15, -0.1) is 0 Å². The first kappa shape index (κ1) is 27.4. The van der Waals surface area contributed by atoms with Crippen molar-refractivity contribution in [3.63, 3.8) is 0 Å². The molecule has 11 heteroatoms. The summed E-state index contributed by atoms with van der Waals surface area (Å²) in [5.41, 5.74) is 0. The van der Waals surface area contributed by atoms with Gasteiger partial charge in [0.15, 0.2) is 5.76 Å². The van der Waals surface area contributed by atoms with Gasteiger partial charge in [-0.1, -0.05) is 13.8 Å². The van der Waals surface area contributed by atoms with Crippen molar-refractivity contribution in [2.75, 3.05) is 27.2 Å². The van der Waals surface area contributed by atoms with E-state index in [1.165, 1.54) is 4.90 Å². The minimum Gasteiger partial charge on any atom is -0.453 e. The fourth-order valence-corrected chi connectivity index (χ4v) is 4.27. The number of furan rings is 1. The van der Waals surface area contributed by atoms with E-state index < -0.39 is 6.04 Å². The molecule has 0 spiro atoms.